The van der Waals surface area contributed by atoms with E-state index in [4.69, 9.17) is 23.7 Å². The fourth-order valence-electron chi connectivity index (χ4n) is 7.63. The highest BCUT2D eigenvalue weighted by molar-refractivity contribution is 6.23. The normalized spacial score (nSPS) is 18.4. The lowest BCUT2D eigenvalue weighted by Crippen LogP contribution is -2.54. The highest BCUT2D eigenvalue weighted by atomic mass is 19.1. The van der Waals surface area contributed by atoms with E-state index in [1.54, 1.807) is 30.3 Å². The Balaban J connectivity index is 0.707. The van der Waals surface area contributed by atoms with Gasteiger partial charge in [-0.3, -0.25) is 43.8 Å². The molecule has 20 heteroatoms. The molecule has 3 aliphatic heterocycles. The zero-order valence-corrected chi connectivity index (χ0v) is 35.2. The number of amides is 6. The average molecular weight is 904 g/mol. The van der Waals surface area contributed by atoms with Gasteiger partial charge in [-0.05, 0) is 73.0 Å². The monoisotopic (exact) mass is 903 g/mol. The lowest BCUT2D eigenvalue weighted by atomic mass is 10.0. The van der Waals surface area contributed by atoms with Crippen molar-refractivity contribution in [2.45, 2.75) is 50.3 Å². The van der Waals surface area contributed by atoms with Gasteiger partial charge in [-0.25, -0.2) is 8.78 Å². The zero-order chi connectivity index (χ0) is 46.1. The molecule has 0 spiro atoms. The van der Waals surface area contributed by atoms with Crippen molar-refractivity contribution < 1.29 is 71.1 Å². The van der Waals surface area contributed by atoms with E-state index >= 15 is 0 Å². The van der Waals surface area contributed by atoms with E-state index in [2.05, 4.69) is 15.6 Å². The molecule has 4 N–H and O–H groups in total. The van der Waals surface area contributed by atoms with Crippen LogP contribution in [0.1, 0.15) is 68.9 Å². The molecule has 4 aromatic rings. The molecule has 3 aliphatic rings. The van der Waals surface area contributed by atoms with Gasteiger partial charge in [0.25, 0.3) is 23.6 Å². The molecule has 0 radical (unpaired) electrons. The van der Waals surface area contributed by atoms with E-state index in [0.29, 0.717) is 86.8 Å². The van der Waals surface area contributed by atoms with E-state index in [0.717, 1.165) is 17.0 Å². The van der Waals surface area contributed by atoms with Crippen LogP contribution in [0, 0.1) is 11.6 Å². The van der Waals surface area contributed by atoms with Crippen molar-refractivity contribution in [2.24, 2.45) is 0 Å². The Kier molecular flexibility index (Phi) is 15.1. The van der Waals surface area contributed by atoms with Crippen molar-refractivity contribution in [3.8, 4) is 5.75 Å². The first-order valence-electron chi connectivity index (χ1n) is 21.1. The van der Waals surface area contributed by atoms with Gasteiger partial charge in [0.05, 0.1) is 63.1 Å². The molecule has 6 amide bonds. The Hall–Kier alpha value is -6.45. The number of aromatic amines is 1. The molecule has 65 heavy (non-hydrogen) atoms. The van der Waals surface area contributed by atoms with Crippen molar-refractivity contribution in [2.75, 3.05) is 70.9 Å². The van der Waals surface area contributed by atoms with Crippen LogP contribution in [0.5, 0.6) is 5.75 Å². The minimum Gasteiger partial charge on any atom is -0.491 e. The Morgan fingerprint density at radius 3 is 2.14 bits per heavy atom. The summed E-state index contributed by atoms with van der Waals surface area (Å²) in [5.74, 6) is -5.54. The van der Waals surface area contributed by atoms with Crippen molar-refractivity contribution in [3.63, 3.8) is 0 Å². The number of ketones is 1. The number of aliphatic hydroxyl groups is 1. The van der Waals surface area contributed by atoms with Gasteiger partial charge in [-0.15, -0.1) is 0 Å². The van der Waals surface area contributed by atoms with E-state index in [9.17, 15) is 47.4 Å². The third kappa shape index (κ3) is 11.1. The number of imide groups is 2. The van der Waals surface area contributed by atoms with E-state index < -0.39 is 58.7 Å². The number of rotatable bonds is 23. The molecule has 1 aromatic heterocycles. The van der Waals surface area contributed by atoms with Crippen LogP contribution in [0.4, 0.5) is 14.5 Å². The summed E-state index contributed by atoms with van der Waals surface area (Å²) in [6, 6.07) is 12.9. The molecule has 0 aliphatic carbocycles. The quantitative estimate of drug-likeness (QED) is 0.0364. The number of piperidine rings is 1. The van der Waals surface area contributed by atoms with Crippen LogP contribution in [0.25, 0.3) is 10.9 Å². The van der Waals surface area contributed by atoms with E-state index in [1.165, 1.54) is 17.0 Å². The van der Waals surface area contributed by atoms with Gasteiger partial charge < -0.3 is 44.0 Å². The minimum atomic E-state index is -2.36. The zero-order valence-electron chi connectivity index (χ0n) is 35.2. The third-order valence-electron chi connectivity index (χ3n) is 11.0. The number of carbonyl (C=O) groups excluding carboxylic acids is 7. The number of hydrogen-bond donors (Lipinski definition) is 4. The minimum absolute atomic E-state index is 0.0384. The summed E-state index contributed by atoms with van der Waals surface area (Å²) < 4.78 is 54.9. The second kappa shape index (κ2) is 21.0. The number of carbonyl (C=O) groups is 7. The maximum absolute atomic E-state index is 13.5. The van der Waals surface area contributed by atoms with Crippen molar-refractivity contribution >= 4 is 57.8 Å². The number of benzene rings is 3. The number of H-pyrrole nitrogens is 1. The van der Waals surface area contributed by atoms with Gasteiger partial charge in [-0.1, -0.05) is 0 Å². The van der Waals surface area contributed by atoms with Gasteiger partial charge in [0, 0.05) is 61.6 Å². The molecular weight excluding hydrogens is 857 g/mol. The predicted molar refractivity (Wildman–Crippen MR) is 224 cm³/mol. The first-order valence-corrected chi connectivity index (χ1v) is 21.1. The first kappa shape index (κ1) is 46.5. The lowest BCUT2D eigenvalue weighted by molar-refractivity contribution is -0.149. The predicted octanol–water partition coefficient (Wildman–Crippen LogP) is 2.74. The SMILES string of the molecule is O=C1CCC(N2C(=O)c3ccc(OCCOCCOCCOCCOCCCC(=O)c4cc5cc(N6CC[C@](O)(C(=O)NCc7cc(F)cc(F)c7)C6=O)ccc5[nH]4)cc3C2=O)C(=O)N1. The summed E-state index contributed by atoms with van der Waals surface area (Å²) >= 11 is 0. The fourth-order valence-corrected chi connectivity index (χ4v) is 7.63. The number of hydrogen-bond acceptors (Lipinski definition) is 13. The number of Topliss-reactive ketones (excluding diaryl/α,β-unsaturated/α-hetero) is 1. The summed E-state index contributed by atoms with van der Waals surface area (Å²) in [4.78, 5) is 93.8. The Labute approximate surface area is 370 Å². The second-order valence-corrected chi connectivity index (χ2v) is 15.5. The topological polar surface area (TPSA) is 232 Å². The lowest BCUT2D eigenvalue weighted by Gasteiger charge is -2.27. The molecular formula is C45H47F2N5O13. The summed E-state index contributed by atoms with van der Waals surface area (Å²) in [5.41, 5.74) is -0.472. The second-order valence-electron chi connectivity index (χ2n) is 15.5. The molecule has 1 unspecified atom stereocenters. The summed E-state index contributed by atoms with van der Waals surface area (Å²) in [7, 11) is 0. The van der Waals surface area contributed by atoms with Gasteiger partial charge in [-0.2, -0.15) is 0 Å². The summed E-state index contributed by atoms with van der Waals surface area (Å²) in [5, 5.41) is 16.2. The number of fused-ring (bicyclic) bond motifs is 2. The Morgan fingerprint density at radius 1 is 0.785 bits per heavy atom. The van der Waals surface area contributed by atoms with Crippen molar-refractivity contribution in [1.82, 2.24) is 20.5 Å². The molecule has 2 atom stereocenters. The van der Waals surface area contributed by atoms with Crippen molar-refractivity contribution in [3.05, 3.63) is 94.7 Å². The molecule has 18 nitrogen and oxygen atoms in total. The van der Waals surface area contributed by atoms with Gasteiger partial charge in [0.2, 0.25) is 17.4 Å². The van der Waals surface area contributed by atoms with Crippen LogP contribution in [0.3, 0.4) is 0 Å². The molecule has 3 aromatic carbocycles. The average Bonchev–Trinajstić information content (AvgIpc) is 3.92. The summed E-state index contributed by atoms with van der Waals surface area (Å²) in [6.07, 6.45) is 0.619. The molecule has 0 bridgehead atoms. The van der Waals surface area contributed by atoms with Crippen LogP contribution in [0.15, 0.2) is 60.7 Å². The number of aromatic nitrogens is 1. The van der Waals surface area contributed by atoms with Crippen LogP contribution in [0.2, 0.25) is 0 Å². The molecule has 2 fully saturated rings. The van der Waals surface area contributed by atoms with Crippen LogP contribution < -0.4 is 20.3 Å². The number of anilines is 1. The van der Waals surface area contributed by atoms with E-state index in [-0.39, 0.29) is 74.5 Å². The van der Waals surface area contributed by atoms with E-state index in [1.807, 2.05) is 0 Å². The number of nitrogens with one attached hydrogen (secondary N) is 3. The maximum Gasteiger partial charge on any atom is 0.268 e. The number of nitrogens with zero attached hydrogens (tertiary/aromatic N) is 2. The maximum atomic E-state index is 13.5. The number of halogens is 2. The largest absolute Gasteiger partial charge is 0.491 e. The molecule has 344 valence electrons. The van der Waals surface area contributed by atoms with Gasteiger partial charge >= 0.3 is 0 Å². The molecule has 7 rings (SSSR count). The standard InChI is InChI=1S/C45H47F2N5O13/c46-29-20-27(21-30(47)24-29)26-48-43(58)45(60)9-10-51(44(45)59)31-3-6-35-28(22-31)23-36(49-35)38(53)2-1-11-61-12-13-62-14-15-63-16-17-64-18-19-65-32-4-5-33-34(25-32)42(57)52(41(33)56)37-7-8-39(54)50-40(37)55/h3-6,20-25,37,49,60H,1-2,7-19,26H2,(H,48,58)(H,50,54,55)/t37?,45-/m0/s1. The van der Waals surface area contributed by atoms with Crippen molar-refractivity contribution in [1.29, 1.82) is 0 Å². The smallest absolute Gasteiger partial charge is 0.268 e. The Bertz CT molecular complexity index is 2460. The fraction of sp³-hybridized carbons (Fsp3) is 0.400. The third-order valence-corrected chi connectivity index (χ3v) is 11.0. The molecule has 0 saturated carbocycles. The van der Waals surface area contributed by atoms with Gasteiger partial charge in [0.1, 0.15) is 30.0 Å². The highest BCUT2D eigenvalue weighted by Crippen LogP contribution is 2.32. The summed E-state index contributed by atoms with van der Waals surface area (Å²) in [6.45, 7) is 2.52. The highest BCUT2D eigenvalue weighted by Gasteiger charge is 2.52. The molecule has 4 heterocycles. The molecule has 2 saturated heterocycles. The van der Waals surface area contributed by atoms with Crippen LogP contribution >= 0.6 is 0 Å². The number of ether oxygens (including phenoxy) is 5. The van der Waals surface area contributed by atoms with Gasteiger partial charge in [0.15, 0.2) is 5.78 Å². The first-order chi connectivity index (χ1) is 31.3. The van der Waals surface area contributed by atoms with Crippen LogP contribution in [-0.4, -0.2) is 134 Å². The van der Waals surface area contributed by atoms with Crippen LogP contribution in [-0.2, 0) is 44.7 Å². The Morgan fingerprint density at radius 2 is 1.45 bits per heavy atom.